The van der Waals surface area contributed by atoms with E-state index < -0.39 is 0 Å². The molecule has 2 N–H and O–H groups in total. The summed E-state index contributed by atoms with van der Waals surface area (Å²) in [6.07, 6.45) is 0. The molecule has 0 bridgehead atoms. The molecule has 106 valence electrons. The number of hydrogen-bond donors (Lipinski definition) is 1. The number of nitrogens with zero attached hydrogens (tertiary/aromatic N) is 1. The van der Waals surface area contributed by atoms with Crippen molar-refractivity contribution in [2.24, 2.45) is 5.73 Å². The molecule has 0 aliphatic carbocycles. The molecule has 0 unspecified atom stereocenters. The van der Waals surface area contributed by atoms with Gasteiger partial charge in [0, 0.05) is 16.8 Å². The van der Waals surface area contributed by atoms with Gasteiger partial charge in [-0.15, -0.1) is 0 Å². The van der Waals surface area contributed by atoms with Gasteiger partial charge in [-0.3, -0.25) is 4.98 Å². The fourth-order valence-electron chi connectivity index (χ4n) is 2.41. The highest BCUT2D eigenvalue weighted by molar-refractivity contribution is 5.68. The first-order chi connectivity index (χ1) is 9.32. The molecule has 1 aromatic heterocycles. The molecule has 0 spiro atoms. The van der Waals surface area contributed by atoms with Crippen LogP contribution in [0.5, 0.6) is 5.75 Å². The van der Waals surface area contributed by atoms with Crippen molar-refractivity contribution >= 4 is 0 Å². The van der Waals surface area contributed by atoms with Crippen LogP contribution in [0.1, 0.15) is 30.7 Å². The number of methoxy groups -OCH3 is 1. The molecule has 3 heteroatoms. The van der Waals surface area contributed by atoms with Crippen molar-refractivity contribution in [2.45, 2.75) is 33.2 Å². The molecular formula is C17H22N2O. The quantitative estimate of drug-likeness (QED) is 0.927. The summed E-state index contributed by atoms with van der Waals surface area (Å²) in [5.74, 6) is 0.835. The molecule has 0 aliphatic rings. The predicted octanol–water partition coefficient (Wildman–Crippen LogP) is 3.57. The molecular weight excluding hydrogens is 248 g/mol. The third-order valence-corrected chi connectivity index (χ3v) is 3.41. The maximum absolute atomic E-state index is 6.16. The Morgan fingerprint density at radius 1 is 1.10 bits per heavy atom. The van der Waals surface area contributed by atoms with Crippen molar-refractivity contribution in [3.8, 4) is 17.0 Å². The van der Waals surface area contributed by atoms with E-state index in [-0.39, 0.29) is 5.54 Å². The van der Waals surface area contributed by atoms with Gasteiger partial charge >= 0.3 is 0 Å². The summed E-state index contributed by atoms with van der Waals surface area (Å²) in [5.41, 5.74) is 10.9. The molecule has 1 aromatic carbocycles. The lowest BCUT2D eigenvalue weighted by atomic mass is 9.93. The van der Waals surface area contributed by atoms with Crippen LogP contribution in [0.4, 0.5) is 0 Å². The van der Waals surface area contributed by atoms with Gasteiger partial charge in [0.2, 0.25) is 0 Å². The summed E-state index contributed by atoms with van der Waals surface area (Å²) in [6, 6.07) is 10.2. The molecule has 0 saturated heterocycles. The summed E-state index contributed by atoms with van der Waals surface area (Å²) < 4.78 is 5.43. The van der Waals surface area contributed by atoms with Crippen LogP contribution in [0.2, 0.25) is 0 Å². The number of pyridine rings is 1. The van der Waals surface area contributed by atoms with Crippen molar-refractivity contribution in [3.05, 3.63) is 47.2 Å². The summed E-state index contributed by atoms with van der Waals surface area (Å²) in [4.78, 5) is 4.70. The van der Waals surface area contributed by atoms with Crippen molar-refractivity contribution in [1.29, 1.82) is 0 Å². The summed E-state index contributed by atoms with van der Waals surface area (Å²) in [7, 11) is 1.68. The average molecular weight is 270 g/mol. The van der Waals surface area contributed by atoms with Crippen LogP contribution in [0.25, 0.3) is 11.3 Å². The van der Waals surface area contributed by atoms with Crippen molar-refractivity contribution in [1.82, 2.24) is 4.98 Å². The second-order valence-corrected chi connectivity index (χ2v) is 5.75. The van der Waals surface area contributed by atoms with Gasteiger partial charge in [0.25, 0.3) is 0 Å². The SMILES string of the molecule is COc1ccc(C)cc1-c1ccc(C(C)(C)N)c(C)n1. The molecule has 2 aromatic rings. The Kier molecular flexibility index (Phi) is 3.82. The first kappa shape index (κ1) is 14.5. The van der Waals surface area contributed by atoms with Crippen LogP contribution in [0.3, 0.4) is 0 Å². The number of hydrogen-bond acceptors (Lipinski definition) is 3. The van der Waals surface area contributed by atoms with Gasteiger partial charge in [-0.05, 0) is 51.5 Å². The Morgan fingerprint density at radius 3 is 2.35 bits per heavy atom. The van der Waals surface area contributed by atoms with Crippen molar-refractivity contribution in [3.63, 3.8) is 0 Å². The second-order valence-electron chi connectivity index (χ2n) is 5.75. The van der Waals surface area contributed by atoms with E-state index in [0.717, 1.165) is 28.3 Å². The average Bonchev–Trinajstić information content (AvgIpc) is 2.37. The van der Waals surface area contributed by atoms with Crippen LogP contribution in [-0.4, -0.2) is 12.1 Å². The van der Waals surface area contributed by atoms with Crippen LogP contribution in [0.15, 0.2) is 30.3 Å². The zero-order valence-electron chi connectivity index (χ0n) is 12.8. The van der Waals surface area contributed by atoms with E-state index in [1.165, 1.54) is 5.56 Å². The minimum atomic E-state index is -0.383. The minimum Gasteiger partial charge on any atom is -0.496 e. The molecule has 0 amide bonds. The Balaban J connectivity index is 2.55. The Bertz CT molecular complexity index is 627. The fraction of sp³-hybridized carbons (Fsp3) is 0.353. The maximum Gasteiger partial charge on any atom is 0.128 e. The number of aromatic nitrogens is 1. The highest BCUT2D eigenvalue weighted by atomic mass is 16.5. The number of rotatable bonds is 3. The molecule has 1 heterocycles. The van der Waals surface area contributed by atoms with Gasteiger partial charge in [-0.1, -0.05) is 17.7 Å². The van der Waals surface area contributed by atoms with E-state index in [4.69, 9.17) is 15.5 Å². The highest BCUT2D eigenvalue weighted by Gasteiger charge is 2.18. The standard InChI is InChI=1S/C17H22N2O/c1-11-6-9-16(20-5)13(10-11)15-8-7-14(12(2)19-15)17(3,4)18/h6-10H,18H2,1-5H3. The maximum atomic E-state index is 6.16. The first-order valence-electron chi connectivity index (χ1n) is 6.75. The topological polar surface area (TPSA) is 48.1 Å². The van der Waals surface area contributed by atoms with Crippen LogP contribution in [-0.2, 0) is 5.54 Å². The van der Waals surface area contributed by atoms with Gasteiger partial charge in [0.1, 0.15) is 5.75 Å². The smallest absolute Gasteiger partial charge is 0.128 e. The minimum absolute atomic E-state index is 0.383. The Hall–Kier alpha value is -1.87. The molecule has 0 radical (unpaired) electrons. The summed E-state index contributed by atoms with van der Waals surface area (Å²) in [6.45, 7) is 8.04. The number of aryl methyl sites for hydroxylation is 2. The van der Waals surface area contributed by atoms with Crippen molar-refractivity contribution < 1.29 is 4.74 Å². The van der Waals surface area contributed by atoms with Gasteiger partial charge in [0.05, 0.1) is 12.8 Å². The number of nitrogens with two attached hydrogens (primary N) is 1. The lowest BCUT2D eigenvalue weighted by Gasteiger charge is -2.21. The van der Waals surface area contributed by atoms with Gasteiger partial charge < -0.3 is 10.5 Å². The lowest BCUT2D eigenvalue weighted by Crippen LogP contribution is -2.29. The zero-order chi connectivity index (χ0) is 14.9. The molecule has 0 fully saturated rings. The number of benzene rings is 1. The van der Waals surface area contributed by atoms with E-state index in [2.05, 4.69) is 19.1 Å². The number of ether oxygens (including phenoxy) is 1. The first-order valence-corrected chi connectivity index (χ1v) is 6.75. The second kappa shape index (κ2) is 5.25. The fourth-order valence-corrected chi connectivity index (χ4v) is 2.41. The van der Waals surface area contributed by atoms with Crippen LogP contribution >= 0.6 is 0 Å². The molecule has 0 saturated carbocycles. The Morgan fingerprint density at radius 2 is 1.80 bits per heavy atom. The van der Waals surface area contributed by atoms with Crippen molar-refractivity contribution in [2.75, 3.05) is 7.11 Å². The Labute approximate surface area is 120 Å². The van der Waals surface area contributed by atoms with E-state index >= 15 is 0 Å². The predicted molar refractivity (Wildman–Crippen MR) is 82.9 cm³/mol. The summed E-state index contributed by atoms with van der Waals surface area (Å²) in [5, 5.41) is 0. The van der Waals surface area contributed by atoms with Gasteiger partial charge in [-0.2, -0.15) is 0 Å². The largest absolute Gasteiger partial charge is 0.496 e. The van der Waals surface area contributed by atoms with Crippen LogP contribution < -0.4 is 10.5 Å². The monoisotopic (exact) mass is 270 g/mol. The molecule has 0 aliphatic heterocycles. The van der Waals surface area contributed by atoms with Gasteiger partial charge in [-0.25, -0.2) is 0 Å². The third kappa shape index (κ3) is 2.83. The van der Waals surface area contributed by atoms with E-state index in [0.29, 0.717) is 0 Å². The third-order valence-electron chi connectivity index (χ3n) is 3.41. The van der Waals surface area contributed by atoms with Gasteiger partial charge in [0.15, 0.2) is 0 Å². The molecule has 20 heavy (non-hydrogen) atoms. The van der Waals surface area contributed by atoms with E-state index in [1.807, 2.05) is 39.0 Å². The van der Waals surface area contributed by atoms with E-state index in [1.54, 1.807) is 7.11 Å². The summed E-state index contributed by atoms with van der Waals surface area (Å²) >= 11 is 0. The molecule has 2 rings (SSSR count). The van der Waals surface area contributed by atoms with E-state index in [9.17, 15) is 0 Å². The zero-order valence-corrected chi connectivity index (χ0v) is 12.8. The molecule has 3 nitrogen and oxygen atoms in total. The highest BCUT2D eigenvalue weighted by Crippen LogP contribution is 2.31. The normalized spacial score (nSPS) is 11.5. The molecule has 0 atom stereocenters. The van der Waals surface area contributed by atoms with Crippen LogP contribution in [0, 0.1) is 13.8 Å². The lowest BCUT2D eigenvalue weighted by molar-refractivity contribution is 0.416.